The van der Waals surface area contributed by atoms with E-state index in [9.17, 15) is 4.79 Å². The van der Waals surface area contributed by atoms with Crippen molar-refractivity contribution in [3.05, 3.63) is 59.8 Å². The van der Waals surface area contributed by atoms with E-state index in [4.69, 9.17) is 9.15 Å². The van der Waals surface area contributed by atoms with Crippen LogP contribution in [0.5, 0.6) is 0 Å². The first-order valence-electron chi connectivity index (χ1n) is 10.4. The zero-order valence-electron chi connectivity index (χ0n) is 17.7. The van der Waals surface area contributed by atoms with Gasteiger partial charge in [-0.05, 0) is 62.6 Å². The molecule has 1 aromatic heterocycles. The normalized spacial score (nSPS) is 13.8. The fourth-order valence-corrected chi connectivity index (χ4v) is 3.78. The van der Waals surface area contributed by atoms with Gasteiger partial charge >= 0.3 is 6.01 Å². The Morgan fingerprint density at radius 3 is 2.77 bits per heavy atom. The summed E-state index contributed by atoms with van der Waals surface area (Å²) in [4.78, 5) is 20.5. The summed E-state index contributed by atoms with van der Waals surface area (Å²) in [5, 5.41) is 0. The van der Waals surface area contributed by atoms with Crippen LogP contribution >= 0.6 is 0 Å². The molecule has 0 unspecified atom stereocenters. The Balaban J connectivity index is 1.68. The third-order valence-electron chi connectivity index (χ3n) is 5.29. The number of amides is 1. The van der Waals surface area contributed by atoms with Gasteiger partial charge < -0.3 is 14.1 Å². The monoisotopic (exact) mass is 405 g/mol. The van der Waals surface area contributed by atoms with Crippen LogP contribution in [-0.2, 0) is 9.53 Å². The summed E-state index contributed by atoms with van der Waals surface area (Å²) >= 11 is 0. The predicted octanol–water partition coefficient (Wildman–Crippen LogP) is 5.22. The third kappa shape index (κ3) is 4.09. The van der Waals surface area contributed by atoms with Gasteiger partial charge in [0, 0.05) is 30.8 Å². The van der Waals surface area contributed by atoms with Crippen molar-refractivity contribution in [2.75, 3.05) is 29.7 Å². The standard InChI is InChI=1S/C24H27N3O3/c1-4-29-16-27(21-9-6-5-8-18(21)3)24-25-15-22(30-24)19-12-17(2)13-20(14-19)26-11-7-10-23(26)28/h5-6,8-9,12-15H,4,7,10-11,16H2,1-3H3. The van der Waals surface area contributed by atoms with Gasteiger partial charge in [0.2, 0.25) is 5.91 Å². The molecule has 4 rings (SSSR count). The second kappa shape index (κ2) is 8.71. The summed E-state index contributed by atoms with van der Waals surface area (Å²) in [7, 11) is 0. The zero-order valence-corrected chi connectivity index (χ0v) is 17.7. The maximum atomic E-state index is 12.2. The smallest absolute Gasteiger partial charge is 0.304 e. The second-order valence-electron chi connectivity index (χ2n) is 7.55. The average molecular weight is 405 g/mol. The van der Waals surface area contributed by atoms with Crippen LogP contribution in [0.3, 0.4) is 0 Å². The molecule has 1 saturated heterocycles. The first-order valence-corrected chi connectivity index (χ1v) is 10.4. The molecule has 3 aromatic rings. The van der Waals surface area contributed by atoms with Crippen molar-refractivity contribution in [1.82, 2.24) is 4.98 Å². The van der Waals surface area contributed by atoms with Crippen molar-refractivity contribution in [1.29, 1.82) is 0 Å². The predicted molar refractivity (Wildman–Crippen MR) is 118 cm³/mol. The Labute approximate surface area is 177 Å². The number of hydrogen-bond acceptors (Lipinski definition) is 5. The molecule has 1 aliphatic rings. The van der Waals surface area contributed by atoms with Gasteiger partial charge in [-0.15, -0.1) is 0 Å². The fraction of sp³-hybridized carbons (Fsp3) is 0.333. The lowest BCUT2D eigenvalue weighted by molar-refractivity contribution is -0.117. The molecule has 0 bridgehead atoms. The van der Waals surface area contributed by atoms with Crippen LogP contribution in [0.15, 0.2) is 53.1 Å². The van der Waals surface area contributed by atoms with Crippen LogP contribution in [0.4, 0.5) is 17.4 Å². The van der Waals surface area contributed by atoms with E-state index in [-0.39, 0.29) is 5.91 Å². The number of hydrogen-bond donors (Lipinski definition) is 0. The first-order chi connectivity index (χ1) is 14.6. The quantitative estimate of drug-likeness (QED) is 0.505. The third-order valence-corrected chi connectivity index (χ3v) is 5.29. The molecule has 1 fully saturated rings. The molecule has 0 radical (unpaired) electrons. The molecule has 0 saturated carbocycles. The van der Waals surface area contributed by atoms with Crippen molar-refractivity contribution in [2.45, 2.75) is 33.6 Å². The van der Waals surface area contributed by atoms with Gasteiger partial charge in [0.15, 0.2) is 5.76 Å². The highest BCUT2D eigenvalue weighted by Gasteiger charge is 2.23. The Morgan fingerprint density at radius 1 is 1.20 bits per heavy atom. The number of carbonyl (C=O) groups excluding carboxylic acids is 1. The van der Waals surface area contributed by atoms with Gasteiger partial charge in [0.25, 0.3) is 0 Å². The molecule has 0 N–H and O–H groups in total. The highest BCUT2D eigenvalue weighted by molar-refractivity contribution is 5.96. The van der Waals surface area contributed by atoms with E-state index in [1.165, 1.54) is 0 Å². The van der Waals surface area contributed by atoms with Gasteiger partial charge in [-0.3, -0.25) is 9.69 Å². The molecule has 0 atom stereocenters. The Hall–Kier alpha value is -3.12. The fourth-order valence-electron chi connectivity index (χ4n) is 3.78. The minimum Gasteiger partial charge on any atom is -0.423 e. The van der Waals surface area contributed by atoms with Crippen LogP contribution in [0.1, 0.15) is 30.9 Å². The summed E-state index contributed by atoms with van der Waals surface area (Å²) in [6.07, 6.45) is 3.24. The Kier molecular flexibility index (Phi) is 5.86. The topological polar surface area (TPSA) is 58.8 Å². The molecule has 6 nitrogen and oxygen atoms in total. The number of anilines is 3. The molecule has 1 aliphatic heterocycles. The van der Waals surface area contributed by atoms with Crippen molar-refractivity contribution < 1.29 is 13.9 Å². The summed E-state index contributed by atoms with van der Waals surface area (Å²) in [6.45, 7) is 7.75. The zero-order chi connectivity index (χ0) is 21.1. The summed E-state index contributed by atoms with van der Waals surface area (Å²) in [6, 6.07) is 14.7. The van der Waals surface area contributed by atoms with Crippen molar-refractivity contribution in [3.8, 4) is 11.3 Å². The highest BCUT2D eigenvalue weighted by Crippen LogP contribution is 2.33. The van der Waals surface area contributed by atoms with Gasteiger partial charge in [-0.1, -0.05) is 18.2 Å². The first kappa shape index (κ1) is 20.2. The van der Waals surface area contributed by atoms with E-state index in [0.29, 0.717) is 31.5 Å². The maximum absolute atomic E-state index is 12.2. The molecule has 156 valence electrons. The van der Waals surface area contributed by atoms with E-state index in [1.807, 2.05) is 54.0 Å². The van der Waals surface area contributed by atoms with E-state index in [0.717, 1.165) is 41.0 Å². The molecular formula is C24H27N3O3. The summed E-state index contributed by atoms with van der Waals surface area (Å²) < 4.78 is 11.8. The minimum atomic E-state index is 0.173. The molecule has 30 heavy (non-hydrogen) atoms. The largest absolute Gasteiger partial charge is 0.423 e. The molecule has 2 heterocycles. The van der Waals surface area contributed by atoms with Crippen molar-refractivity contribution >= 4 is 23.3 Å². The number of aryl methyl sites for hydroxylation is 2. The number of carbonyl (C=O) groups is 1. The van der Waals surface area contributed by atoms with Crippen molar-refractivity contribution in [3.63, 3.8) is 0 Å². The lowest BCUT2D eigenvalue weighted by atomic mass is 10.1. The van der Waals surface area contributed by atoms with E-state index in [2.05, 4.69) is 24.0 Å². The Morgan fingerprint density at radius 2 is 2.03 bits per heavy atom. The van der Waals surface area contributed by atoms with Crippen molar-refractivity contribution in [2.24, 2.45) is 0 Å². The van der Waals surface area contributed by atoms with Gasteiger partial charge in [0.1, 0.15) is 6.73 Å². The lowest BCUT2D eigenvalue weighted by Gasteiger charge is -2.22. The van der Waals surface area contributed by atoms with Crippen LogP contribution in [0.25, 0.3) is 11.3 Å². The SMILES string of the molecule is CCOCN(c1ncc(-c2cc(C)cc(N3CCCC3=O)c2)o1)c1ccccc1C. The van der Waals surface area contributed by atoms with Gasteiger partial charge in [0.05, 0.1) is 11.9 Å². The second-order valence-corrected chi connectivity index (χ2v) is 7.55. The number of oxazole rings is 1. The van der Waals surface area contributed by atoms with Crippen LogP contribution in [0, 0.1) is 13.8 Å². The summed E-state index contributed by atoms with van der Waals surface area (Å²) in [5.41, 5.74) is 5.00. The number of para-hydroxylation sites is 1. The Bertz CT molecular complexity index is 1040. The van der Waals surface area contributed by atoms with Crippen LogP contribution in [-0.4, -0.2) is 30.8 Å². The van der Waals surface area contributed by atoms with E-state index in [1.54, 1.807) is 6.20 Å². The van der Waals surface area contributed by atoms with E-state index < -0.39 is 0 Å². The number of rotatable bonds is 7. The number of nitrogens with zero attached hydrogens (tertiary/aromatic N) is 3. The van der Waals surface area contributed by atoms with Gasteiger partial charge in [-0.25, -0.2) is 4.98 Å². The number of aromatic nitrogens is 1. The molecule has 6 heteroatoms. The molecule has 1 amide bonds. The number of benzene rings is 2. The molecule has 0 aliphatic carbocycles. The maximum Gasteiger partial charge on any atom is 0.304 e. The minimum absolute atomic E-state index is 0.173. The average Bonchev–Trinajstić information content (AvgIpc) is 3.38. The lowest BCUT2D eigenvalue weighted by Crippen LogP contribution is -2.23. The van der Waals surface area contributed by atoms with Gasteiger partial charge in [-0.2, -0.15) is 0 Å². The molecule has 2 aromatic carbocycles. The van der Waals surface area contributed by atoms with Crippen LogP contribution in [0.2, 0.25) is 0 Å². The number of ether oxygens (including phenoxy) is 1. The molecule has 0 spiro atoms. The molecular weight excluding hydrogens is 378 g/mol. The van der Waals surface area contributed by atoms with E-state index >= 15 is 0 Å². The summed E-state index contributed by atoms with van der Waals surface area (Å²) in [5.74, 6) is 0.837. The highest BCUT2D eigenvalue weighted by atomic mass is 16.5. The van der Waals surface area contributed by atoms with Crippen LogP contribution < -0.4 is 9.80 Å².